The summed E-state index contributed by atoms with van der Waals surface area (Å²) in [5.41, 5.74) is 2.50. The summed E-state index contributed by atoms with van der Waals surface area (Å²) in [6, 6.07) is 11.3. The Kier molecular flexibility index (Phi) is 3.29. The van der Waals surface area contributed by atoms with Gasteiger partial charge in [0.25, 0.3) is 5.91 Å². The van der Waals surface area contributed by atoms with Gasteiger partial charge in [0.05, 0.1) is 16.1 Å². The second-order valence-electron chi connectivity index (χ2n) is 4.91. The molecular weight excluding hydrogens is 268 g/mol. The Hall–Kier alpha value is -2.12. The maximum atomic E-state index is 12.5. The molecule has 3 nitrogen and oxygen atoms in total. The number of hydrogen-bond acceptors (Lipinski definition) is 3. The van der Waals surface area contributed by atoms with Crippen molar-refractivity contribution in [2.24, 2.45) is 0 Å². The van der Waals surface area contributed by atoms with Gasteiger partial charge >= 0.3 is 0 Å². The van der Waals surface area contributed by atoms with E-state index in [9.17, 15) is 4.79 Å². The lowest BCUT2D eigenvalue weighted by molar-refractivity contribution is 0.0996. The minimum atomic E-state index is -0.0351. The largest absolute Gasteiger partial charge is 0.309 e. The highest BCUT2D eigenvalue weighted by Gasteiger charge is 2.22. The van der Waals surface area contributed by atoms with Crippen LogP contribution in [0.3, 0.4) is 0 Å². The summed E-state index contributed by atoms with van der Waals surface area (Å²) in [4.78, 5) is 16.2. The highest BCUT2D eigenvalue weighted by Crippen LogP contribution is 2.32. The van der Waals surface area contributed by atoms with E-state index in [0.717, 1.165) is 17.7 Å². The summed E-state index contributed by atoms with van der Waals surface area (Å²) in [6.07, 6.45) is 3.37. The van der Waals surface area contributed by atoms with Crippen LogP contribution < -0.4 is 4.90 Å². The van der Waals surface area contributed by atoms with E-state index in [4.69, 9.17) is 5.26 Å². The van der Waals surface area contributed by atoms with Crippen molar-refractivity contribution in [2.75, 3.05) is 11.9 Å². The number of fused-ring (bicyclic) bond motifs is 1. The zero-order valence-electron chi connectivity index (χ0n) is 11.2. The number of anilines is 1. The summed E-state index contributed by atoms with van der Waals surface area (Å²) in [6.45, 7) is 0. The third-order valence-electron chi connectivity index (χ3n) is 3.65. The Balaban J connectivity index is 1.91. The number of rotatable bonds is 2. The van der Waals surface area contributed by atoms with Gasteiger partial charge in [-0.3, -0.25) is 4.79 Å². The summed E-state index contributed by atoms with van der Waals surface area (Å²) >= 11 is 1.59. The van der Waals surface area contributed by atoms with E-state index in [1.165, 1.54) is 16.9 Å². The van der Waals surface area contributed by atoms with Crippen LogP contribution in [0.1, 0.15) is 32.1 Å². The number of carbonyl (C=O) groups is 1. The van der Waals surface area contributed by atoms with Crippen LogP contribution in [0.4, 0.5) is 5.69 Å². The topological polar surface area (TPSA) is 44.1 Å². The van der Waals surface area contributed by atoms with Crippen molar-refractivity contribution in [1.29, 1.82) is 5.26 Å². The van der Waals surface area contributed by atoms with E-state index in [0.29, 0.717) is 11.3 Å². The van der Waals surface area contributed by atoms with Crippen LogP contribution in [0.5, 0.6) is 0 Å². The Morgan fingerprint density at radius 1 is 1.35 bits per heavy atom. The molecule has 0 spiro atoms. The van der Waals surface area contributed by atoms with Crippen LogP contribution in [0, 0.1) is 11.3 Å². The fourth-order valence-electron chi connectivity index (χ4n) is 2.57. The summed E-state index contributed by atoms with van der Waals surface area (Å²) in [5.74, 6) is -0.0351. The van der Waals surface area contributed by atoms with Gasteiger partial charge in [-0.05, 0) is 43.0 Å². The number of amides is 1. The molecule has 3 rings (SSSR count). The predicted octanol–water partition coefficient (Wildman–Crippen LogP) is 3.39. The molecule has 0 saturated carbocycles. The van der Waals surface area contributed by atoms with E-state index in [2.05, 4.69) is 6.07 Å². The number of para-hydroxylation sites is 1. The first kappa shape index (κ1) is 12.9. The summed E-state index contributed by atoms with van der Waals surface area (Å²) in [5, 5.41) is 9.13. The van der Waals surface area contributed by atoms with Gasteiger partial charge in [0.15, 0.2) is 0 Å². The third-order valence-corrected chi connectivity index (χ3v) is 4.87. The van der Waals surface area contributed by atoms with Crippen LogP contribution in [0.2, 0.25) is 0 Å². The molecule has 0 bridgehead atoms. The molecule has 0 aliphatic heterocycles. The SMILES string of the molecule is CN(C(=O)c1cc2c(s1)CCC2)c1ccccc1C#N. The predicted molar refractivity (Wildman–Crippen MR) is 80.2 cm³/mol. The number of benzene rings is 1. The molecule has 1 aromatic heterocycles. The lowest BCUT2D eigenvalue weighted by Gasteiger charge is -2.17. The number of nitriles is 1. The first-order chi connectivity index (χ1) is 9.70. The fourth-order valence-corrected chi connectivity index (χ4v) is 3.80. The quantitative estimate of drug-likeness (QED) is 0.847. The Bertz CT molecular complexity index is 690. The third kappa shape index (κ3) is 2.10. The lowest BCUT2D eigenvalue weighted by atomic mass is 10.1. The Labute approximate surface area is 122 Å². The second kappa shape index (κ2) is 5.10. The van der Waals surface area contributed by atoms with Gasteiger partial charge in [-0.1, -0.05) is 12.1 Å². The molecule has 2 aromatic rings. The van der Waals surface area contributed by atoms with Crippen LogP contribution in [-0.4, -0.2) is 13.0 Å². The van der Waals surface area contributed by atoms with Crippen LogP contribution in [-0.2, 0) is 12.8 Å². The minimum Gasteiger partial charge on any atom is -0.309 e. The van der Waals surface area contributed by atoms with Gasteiger partial charge in [0, 0.05) is 11.9 Å². The molecule has 0 atom stereocenters. The molecular formula is C16H14N2OS. The smallest absolute Gasteiger partial charge is 0.268 e. The number of carbonyl (C=O) groups excluding carboxylic acids is 1. The highest BCUT2D eigenvalue weighted by molar-refractivity contribution is 7.14. The van der Waals surface area contributed by atoms with E-state index in [-0.39, 0.29) is 5.91 Å². The van der Waals surface area contributed by atoms with Gasteiger partial charge in [-0.2, -0.15) is 5.26 Å². The highest BCUT2D eigenvalue weighted by atomic mass is 32.1. The molecule has 0 unspecified atom stereocenters. The molecule has 0 N–H and O–H groups in total. The normalized spacial score (nSPS) is 12.8. The van der Waals surface area contributed by atoms with Crippen molar-refractivity contribution >= 4 is 22.9 Å². The molecule has 4 heteroatoms. The fraction of sp³-hybridized carbons (Fsp3) is 0.250. The monoisotopic (exact) mass is 282 g/mol. The van der Waals surface area contributed by atoms with E-state index >= 15 is 0 Å². The minimum absolute atomic E-state index is 0.0351. The van der Waals surface area contributed by atoms with Crippen molar-refractivity contribution < 1.29 is 4.79 Å². The van der Waals surface area contributed by atoms with Crippen molar-refractivity contribution in [3.63, 3.8) is 0 Å². The zero-order chi connectivity index (χ0) is 14.1. The van der Waals surface area contributed by atoms with Crippen molar-refractivity contribution in [1.82, 2.24) is 0 Å². The molecule has 100 valence electrons. The number of aryl methyl sites for hydroxylation is 2. The van der Waals surface area contributed by atoms with E-state index in [1.54, 1.807) is 41.5 Å². The average Bonchev–Trinajstić information content (AvgIpc) is 3.06. The summed E-state index contributed by atoms with van der Waals surface area (Å²) in [7, 11) is 1.73. The number of thiophene rings is 1. The van der Waals surface area contributed by atoms with Crippen LogP contribution in [0.25, 0.3) is 0 Å². The van der Waals surface area contributed by atoms with Gasteiger partial charge in [0.1, 0.15) is 6.07 Å². The van der Waals surface area contributed by atoms with Crippen molar-refractivity contribution in [3.8, 4) is 6.07 Å². The van der Waals surface area contributed by atoms with Gasteiger partial charge < -0.3 is 4.90 Å². The first-order valence-electron chi connectivity index (χ1n) is 6.59. The molecule has 0 saturated heterocycles. The van der Waals surface area contributed by atoms with Crippen molar-refractivity contribution in [3.05, 3.63) is 51.2 Å². The molecule has 1 aromatic carbocycles. The maximum absolute atomic E-state index is 12.5. The zero-order valence-corrected chi connectivity index (χ0v) is 12.0. The van der Waals surface area contributed by atoms with Gasteiger partial charge in [-0.25, -0.2) is 0 Å². The Morgan fingerprint density at radius 2 is 2.15 bits per heavy atom. The average molecular weight is 282 g/mol. The first-order valence-corrected chi connectivity index (χ1v) is 7.41. The molecule has 1 heterocycles. The van der Waals surface area contributed by atoms with Crippen LogP contribution in [0.15, 0.2) is 30.3 Å². The molecule has 1 aliphatic rings. The van der Waals surface area contributed by atoms with Gasteiger partial charge in [0.2, 0.25) is 0 Å². The Morgan fingerprint density at radius 3 is 2.90 bits per heavy atom. The van der Waals surface area contributed by atoms with Crippen molar-refractivity contribution in [2.45, 2.75) is 19.3 Å². The van der Waals surface area contributed by atoms with Gasteiger partial charge in [-0.15, -0.1) is 11.3 Å². The molecule has 20 heavy (non-hydrogen) atoms. The second-order valence-corrected chi connectivity index (χ2v) is 6.04. The lowest BCUT2D eigenvalue weighted by Crippen LogP contribution is -2.26. The molecule has 1 aliphatic carbocycles. The van der Waals surface area contributed by atoms with Crippen LogP contribution >= 0.6 is 11.3 Å². The number of hydrogen-bond donors (Lipinski definition) is 0. The molecule has 1 amide bonds. The molecule has 0 radical (unpaired) electrons. The summed E-state index contributed by atoms with van der Waals surface area (Å²) < 4.78 is 0. The number of nitrogens with zero attached hydrogens (tertiary/aromatic N) is 2. The maximum Gasteiger partial charge on any atom is 0.268 e. The van der Waals surface area contributed by atoms with E-state index in [1.807, 2.05) is 12.1 Å². The van der Waals surface area contributed by atoms with E-state index < -0.39 is 0 Å². The standard InChI is InChI=1S/C16H14N2OS/c1-18(13-7-3-2-5-12(13)10-17)16(19)15-9-11-6-4-8-14(11)20-15/h2-3,5,7,9H,4,6,8H2,1H3. The molecule has 0 fully saturated rings.